The maximum absolute atomic E-state index is 12.5. The second-order valence-corrected chi connectivity index (χ2v) is 6.88. The van der Waals surface area contributed by atoms with Gasteiger partial charge in [0.25, 0.3) is 5.91 Å². The third kappa shape index (κ3) is 2.66. The van der Waals surface area contributed by atoms with Crippen LogP contribution in [0.4, 0.5) is 0 Å². The molecule has 0 aliphatic rings. The zero-order valence-corrected chi connectivity index (χ0v) is 14.9. The molecule has 0 unspecified atom stereocenters. The molecule has 114 valence electrons. The fraction of sp³-hybridized carbons (Fsp3) is 0.267. The normalized spacial score (nSPS) is 12.3. The van der Waals surface area contributed by atoms with E-state index in [2.05, 4.69) is 26.0 Å². The Bertz CT molecular complexity index is 935. The van der Waals surface area contributed by atoms with Gasteiger partial charge in [-0.1, -0.05) is 27.3 Å². The Kier molecular flexibility index (Phi) is 4.01. The van der Waals surface area contributed by atoms with Crippen molar-refractivity contribution in [3.05, 3.63) is 44.9 Å². The highest BCUT2D eigenvalue weighted by atomic mass is 79.9. The summed E-state index contributed by atoms with van der Waals surface area (Å²) in [6.45, 7) is 4.48. The van der Waals surface area contributed by atoms with Crippen molar-refractivity contribution in [3.8, 4) is 0 Å². The van der Waals surface area contributed by atoms with E-state index in [1.807, 2.05) is 43.7 Å². The van der Waals surface area contributed by atoms with E-state index in [0.29, 0.717) is 17.0 Å². The van der Waals surface area contributed by atoms with Crippen molar-refractivity contribution in [3.63, 3.8) is 0 Å². The predicted octanol–water partition coefficient (Wildman–Crippen LogP) is 3.27. The number of hydrogen-bond donors (Lipinski definition) is 0. The molecule has 0 aliphatic heterocycles. The SMILES string of the molecule is CCn1nc(C)cc1C(=O)N=c1sc2cc(Br)ccc2n1C. The largest absolute Gasteiger partial charge is 0.319 e. The highest BCUT2D eigenvalue weighted by molar-refractivity contribution is 9.10. The van der Waals surface area contributed by atoms with E-state index < -0.39 is 0 Å². The molecule has 2 heterocycles. The summed E-state index contributed by atoms with van der Waals surface area (Å²) in [4.78, 5) is 17.4. The van der Waals surface area contributed by atoms with Crippen LogP contribution in [-0.2, 0) is 13.6 Å². The van der Waals surface area contributed by atoms with E-state index in [9.17, 15) is 4.79 Å². The molecule has 0 N–H and O–H groups in total. The lowest BCUT2D eigenvalue weighted by Gasteiger charge is -1.99. The molecule has 0 saturated carbocycles. The Morgan fingerprint density at radius 1 is 1.41 bits per heavy atom. The van der Waals surface area contributed by atoms with Crippen molar-refractivity contribution in [1.82, 2.24) is 14.3 Å². The van der Waals surface area contributed by atoms with Crippen molar-refractivity contribution in [2.45, 2.75) is 20.4 Å². The molecule has 0 atom stereocenters. The number of benzene rings is 1. The highest BCUT2D eigenvalue weighted by Gasteiger charge is 2.13. The molecule has 0 fully saturated rings. The number of thiazole rings is 1. The van der Waals surface area contributed by atoms with E-state index >= 15 is 0 Å². The summed E-state index contributed by atoms with van der Waals surface area (Å²) in [5.41, 5.74) is 2.41. The predicted molar refractivity (Wildman–Crippen MR) is 91.0 cm³/mol. The molecule has 0 bridgehead atoms. The summed E-state index contributed by atoms with van der Waals surface area (Å²) in [6.07, 6.45) is 0. The van der Waals surface area contributed by atoms with Gasteiger partial charge in [-0.15, -0.1) is 0 Å². The first-order valence-corrected chi connectivity index (χ1v) is 8.49. The number of aromatic nitrogens is 3. The monoisotopic (exact) mass is 378 g/mol. The Labute approximate surface area is 140 Å². The summed E-state index contributed by atoms with van der Waals surface area (Å²) in [5.74, 6) is -0.260. The van der Waals surface area contributed by atoms with Crippen LogP contribution in [-0.4, -0.2) is 20.3 Å². The average molecular weight is 379 g/mol. The zero-order valence-electron chi connectivity index (χ0n) is 12.5. The van der Waals surface area contributed by atoms with Crippen LogP contribution in [0.5, 0.6) is 0 Å². The van der Waals surface area contributed by atoms with Crippen LogP contribution < -0.4 is 4.80 Å². The molecule has 3 rings (SSSR count). The van der Waals surface area contributed by atoms with Gasteiger partial charge in [-0.2, -0.15) is 10.1 Å². The topological polar surface area (TPSA) is 52.2 Å². The van der Waals surface area contributed by atoms with E-state index in [0.717, 1.165) is 20.4 Å². The minimum absolute atomic E-state index is 0.260. The van der Waals surface area contributed by atoms with E-state index in [4.69, 9.17) is 0 Å². The summed E-state index contributed by atoms with van der Waals surface area (Å²) in [7, 11) is 1.92. The molecule has 3 aromatic rings. The summed E-state index contributed by atoms with van der Waals surface area (Å²) >= 11 is 4.96. The van der Waals surface area contributed by atoms with Crippen LogP contribution >= 0.6 is 27.3 Å². The standard InChI is InChI=1S/C15H15BrN4OS/c1-4-20-12(7-9(2)18-20)14(21)17-15-19(3)11-6-5-10(16)8-13(11)22-15/h5-8H,4H2,1-3H3. The smallest absolute Gasteiger partial charge is 0.297 e. The number of halogens is 1. The molecule has 0 spiro atoms. The molecule has 2 aromatic heterocycles. The van der Waals surface area contributed by atoms with E-state index in [-0.39, 0.29) is 5.91 Å². The molecular weight excluding hydrogens is 364 g/mol. The molecule has 5 nitrogen and oxygen atoms in total. The number of rotatable bonds is 2. The Hall–Kier alpha value is -1.73. The second kappa shape index (κ2) is 5.81. The number of carbonyl (C=O) groups is 1. The van der Waals surface area contributed by atoms with Crippen LogP contribution in [0.3, 0.4) is 0 Å². The summed E-state index contributed by atoms with van der Waals surface area (Å²) in [6, 6.07) is 7.80. The van der Waals surface area contributed by atoms with Gasteiger partial charge >= 0.3 is 0 Å². The maximum atomic E-state index is 12.5. The fourth-order valence-corrected chi connectivity index (χ4v) is 3.89. The number of amides is 1. The molecule has 1 amide bonds. The van der Waals surface area contributed by atoms with Crippen LogP contribution in [0.2, 0.25) is 0 Å². The van der Waals surface area contributed by atoms with Crippen LogP contribution in [0.1, 0.15) is 23.1 Å². The van der Waals surface area contributed by atoms with Gasteiger partial charge < -0.3 is 4.57 Å². The van der Waals surface area contributed by atoms with Gasteiger partial charge in [-0.3, -0.25) is 9.48 Å². The molecule has 1 aromatic carbocycles. The van der Waals surface area contributed by atoms with Crippen molar-refractivity contribution < 1.29 is 4.79 Å². The van der Waals surface area contributed by atoms with E-state index in [1.165, 1.54) is 11.3 Å². The van der Waals surface area contributed by atoms with Gasteiger partial charge in [-0.25, -0.2) is 0 Å². The van der Waals surface area contributed by atoms with Crippen molar-refractivity contribution >= 4 is 43.4 Å². The first-order chi connectivity index (χ1) is 10.5. The number of fused-ring (bicyclic) bond motifs is 1. The summed E-state index contributed by atoms with van der Waals surface area (Å²) < 4.78 is 5.72. The summed E-state index contributed by atoms with van der Waals surface area (Å²) in [5, 5.41) is 4.29. The lowest BCUT2D eigenvalue weighted by Crippen LogP contribution is -2.15. The van der Waals surface area contributed by atoms with Gasteiger partial charge in [-0.05, 0) is 38.1 Å². The number of hydrogen-bond acceptors (Lipinski definition) is 3. The average Bonchev–Trinajstić information content (AvgIpc) is 3.00. The van der Waals surface area contributed by atoms with E-state index in [1.54, 1.807) is 10.7 Å². The minimum Gasteiger partial charge on any atom is -0.319 e. The molecule has 22 heavy (non-hydrogen) atoms. The lowest BCUT2D eigenvalue weighted by molar-refractivity contribution is 0.0988. The second-order valence-electron chi connectivity index (χ2n) is 4.96. The number of nitrogens with zero attached hydrogens (tertiary/aromatic N) is 4. The number of carbonyl (C=O) groups excluding carboxylic acids is 1. The van der Waals surface area contributed by atoms with Crippen LogP contribution in [0.25, 0.3) is 10.2 Å². The fourth-order valence-electron chi connectivity index (χ4n) is 2.32. The Morgan fingerprint density at radius 3 is 2.91 bits per heavy atom. The quantitative estimate of drug-likeness (QED) is 0.686. The third-order valence-corrected chi connectivity index (χ3v) is 4.98. The zero-order chi connectivity index (χ0) is 15.9. The number of aryl methyl sites for hydroxylation is 3. The lowest BCUT2D eigenvalue weighted by atomic mass is 10.3. The van der Waals surface area contributed by atoms with Gasteiger partial charge in [0.15, 0.2) is 4.80 Å². The first-order valence-electron chi connectivity index (χ1n) is 6.88. The van der Waals surface area contributed by atoms with Gasteiger partial charge in [0.05, 0.1) is 15.9 Å². The molecule has 7 heteroatoms. The van der Waals surface area contributed by atoms with Gasteiger partial charge in [0.1, 0.15) is 5.69 Å². The highest BCUT2D eigenvalue weighted by Crippen LogP contribution is 2.21. The maximum Gasteiger partial charge on any atom is 0.297 e. The van der Waals surface area contributed by atoms with Crippen LogP contribution in [0.15, 0.2) is 33.7 Å². The van der Waals surface area contributed by atoms with Crippen molar-refractivity contribution in [2.75, 3.05) is 0 Å². The Balaban J connectivity index is 2.11. The molecule has 0 aliphatic carbocycles. The molecule has 0 saturated heterocycles. The van der Waals surface area contributed by atoms with Gasteiger partial charge in [0.2, 0.25) is 0 Å². The minimum atomic E-state index is -0.260. The first kappa shape index (κ1) is 15.2. The molecule has 0 radical (unpaired) electrons. The van der Waals surface area contributed by atoms with Crippen molar-refractivity contribution in [2.24, 2.45) is 12.0 Å². The van der Waals surface area contributed by atoms with Crippen LogP contribution in [0, 0.1) is 6.92 Å². The van der Waals surface area contributed by atoms with Gasteiger partial charge in [0, 0.05) is 18.1 Å². The Morgan fingerprint density at radius 2 is 2.18 bits per heavy atom. The van der Waals surface area contributed by atoms with Crippen molar-refractivity contribution in [1.29, 1.82) is 0 Å². The molecular formula is C15H15BrN4OS. The third-order valence-electron chi connectivity index (χ3n) is 3.39.